The van der Waals surface area contributed by atoms with Gasteiger partial charge in [0.05, 0.1) is 34.1 Å². The third-order valence-electron chi connectivity index (χ3n) is 6.30. The Morgan fingerprint density at radius 2 is 1.94 bits per heavy atom. The van der Waals surface area contributed by atoms with Crippen molar-refractivity contribution in [1.82, 2.24) is 19.2 Å². The lowest BCUT2D eigenvalue weighted by Gasteiger charge is -2.28. The van der Waals surface area contributed by atoms with E-state index in [-0.39, 0.29) is 30.6 Å². The van der Waals surface area contributed by atoms with Gasteiger partial charge in [0, 0.05) is 19.4 Å². The molecule has 0 saturated carbocycles. The minimum Gasteiger partial charge on any atom is -0.391 e. The largest absolute Gasteiger partial charge is 0.391 e. The number of aryl methyl sites for hydroxylation is 3. The quantitative estimate of drug-likeness (QED) is 0.500. The maximum absolute atomic E-state index is 13.5. The second-order valence-corrected chi connectivity index (χ2v) is 10.9. The lowest BCUT2D eigenvalue weighted by atomic mass is 9.93. The minimum atomic E-state index is -0.691. The molecule has 3 heterocycles. The van der Waals surface area contributed by atoms with Gasteiger partial charge in [-0.1, -0.05) is 38.1 Å². The molecule has 1 aliphatic heterocycles. The van der Waals surface area contributed by atoms with Crippen molar-refractivity contribution >= 4 is 34.6 Å². The van der Waals surface area contributed by atoms with E-state index in [1.807, 2.05) is 38.4 Å². The summed E-state index contributed by atoms with van der Waals surface area (Å²) < 4.78 is 4.23. The van der Waals surface area contributed by atoms with Gasteiger partial charge in [0.2, 0.25) is 5.91 Å². The molecular weight excluding hydrogens is 468 g/mol. The predicted octanol–water partition coefficient (Wildman–Crippen LogP) is 4.18. The summed E-state index contributed by atoms with van der Waals surface area (Å²) in [4.78, 5) is 38.1. The second-order valence-electron chi connectivity index (χ2n) is 9.23. The molecule has 3 aromatic rings. The van der Waals surface area contributed by atoms with Gasteiger partial charge in [-0.2, -0.15) is 4.37 Å². The number of carbonyl (C=O) groups is 2. The number of aliphatic hydroxyl groups is 1. The highest BCUT2D eigenvalue weighted by atomic mass is 32.1. The summed E-state index contributed by atoms with van der Waals surface area (Å²) in [6.45, 7) is 7.93. The average molecular weight is 499 g/mol. The normalized spacial score (nSPS) is 19.1. The summed E-state index contributed by atoms with van der Waals surface area (Å²) in [5.74, 6) is 0.0289. The molecule has 1 N–H and O–H groups in total. The number of β-amino-alcohol motifs (C(OH)–C–C–N with tert-alkyl or cyclic N) is 1. The SMILES string of the molecule is Cc1nsc([C@H](C(=O)N2C[C@H](O)C[C@H]2C(=O)CCc2ccc(-c3scnc3C)cc2)C(C)C)n1. The number of ketones is 1. The van der Waals surface area contributed by atoms with Gasteiger partial charge >= 0.3 is 0 Å². The van der Waals surface area contributed by atoms with E-state index in [9.17, 15) is 14.7 Å². The van der Waals surface area contributed by atoms with Gasteiger partial charge in [-0.15, -0.1) is 11.3 Å². The van der Waals surface area contributed by atoms with Crippen molar-refractivity contribution in [2.75, 3.05) is 6.54 Å². The van der Waals surface area contributed by atoms with Crippen molar-refractivity contribution in [1.29, 1.82) is 0 Å². The van der Waals surface area contributed by atoms with Crippen LogP contribution in [0.4, 0.5) is 0 Å². The number of carbonyl (C=O) groups excluding carboxylic acids is 2. The van der Waals surface area contributed by atoms with Crippen molar-refractivity contribution in [3.05, 3.63) is 51.9 Å². The summed E-state index contributed by atoms with van der Waals surface area (Å²) in [6.07, 6.45) is 0.515. The van der Waals surface area contributed by atoms with Gasteiger partial charge < -0.3 is 10.0 Å². The van der Waals surface area contributed by atoms with Gasteiger partial charge in [-0.3, -0.25) is 9.59 Å². The summed E-state index contributed by atoms with van der Waals surface area (Å²) in [5.41, 5.74) is 5.05. The van der Waals surface area contributed by atoms with Crippen LogP contribution in [0.5, 0.6) is 0 Å². The Balaban J connectivity index is 1.43. The summed E-state index contributed by atoms with van der Waals surface area (Å²) in [5, 5.41) is 11.0. The molecule has 34 heavy (non-hydrogen) atoms. The number of thiazole rings is 1. The number of amides is 1. The van der Waals surface area contributed by atoms with Crippen LogP contribution >= 0.6 is 22.9 Å². The van der Waals surface area contributed by atoms with Crippen LogP contribution in [0, 0.1) is 19.8 Å². The van der Waals surface area contributed by atoms with Crippen molar-refractivity contribution in [2.45, 2.75) is 65.0 Å². The van der Waals surface area contributed by atoms with E-state index in [1.54, 1.807) is 23.2 Å². The van der Waals surface area contributed by atoms with Gasteiger partial charge in [0.25, 0.3) is 0 Å². The van der Waals surface area contributed by atoms with E-state index in [2.05, 4.69) is 26.5 Å². The molecule has 1 saturated heterocycles. The highest BCUT2D eigenvalue weighted by Crippen LogP contribution is 2.32. The van der Waals surface area contributed by atoms with Crippen LogP contribution in [0.1, 0.15) is 54.7 Å². The summed E-state index contributed by atoms with van der Waals surface area (Å²) >= 11 is 2.85. The number of likely N-dealkylation sites (tertiary alicyclic amines) is 1. The molecule has 0 bridgehead atoms. The first-order valence-corrected chi connectivity index (χ1v) is 13.2. The number of aliphatic hydroxyl groups excluding tert-OH is 1. The first-order chi connectivity index (χ1) is 16.2. The Bertz CT molecular complexity index is 1160. The monoisotopic (exact) mass is 498 g/mol. The predicted molar refractivity (Wildman–Crippen MR) is 134 cm³/mol. The first-order valence-electron chi connectivity index (χ1n) is 11.6. The fourth-order valence-corrected chi connectivity index (χ4v) is 6.23. The number of hydrogen-bond acceptors (Lipinski definition) is 8. The Labute approximate surface area is 208 Å². The Kier molecular flexibility index (Phi) is 7.54. The lowest BCUT2D eigenvalue weighted by molar-refractivity contribution is -0.139. The number of aromatic nitrogens is 3. The van der Waals surface area contributed by atoms with Crippen LogP contribution in [-0.4, -0.2) is 54.7 Å². The van der Waals surface area contributed by atoms with Gasteiger partial charge in [0.1, 0.15) is 10.8 Å². The number of rotatable bonds is 8. The van der Waals surface area contributed by atoms with E-state index in [0.29, 0.717) is 23.7 Å². The Morgan fingerprint density at radius 3 is 2.53 bits per heavy atom. The van der Waals surface area contributed by atoms with Gasteiger partial charge in [-0.25, -0.2) is 9.97 Å². The topological polar surface area (TPSA) is 96.3 Å². The molecule has 1 aromatic carbocycles. The average Bonchev–Trinajstić information content (AvgIpc) is 3.52. The maximum Gasteiger partial charge on any atom is 0.233 e. The Morgan fingerprint density at radius 1 is 1.21 bits per heavy atom. The number of Topliss-reactive ketones (excluding diaryl/α,β-unsaturated/α-hetero) is 1. The van der Waals surface area contributed by atoms with Crippen molar-refractivity contribution in [2.24, 2.45) is 5.92 Å². The van der Waals surface area contributed by atoms with Crippen molar-refractivity contribution in [3.63, 3.8) is 0 Å². The standard InChI is InChI=1S/C25H30N4O3S2/c1-14(2)22(24-27-16(4)28-34-24)25(32)29-12-19(30)11-20(29)21(31)10-7-17-5-8-18(9-6-17)23-15(3)26-13-33-23/h5-6,8-9,13-14,19-20,22,30H,7,10-12H2,1-4H3/t19-,20+,22-/m1/s1. The highest BCUT2D eigenvalue weighted by molar-refractivity contribution is 7.13. The molecule has 9 heteroatoms. The van der Waals surface area contributed by atoms with Crippen molar-refractivity contribution < 1.29 is 14.7 Å². The molecule has 180 valence electrons. The van der Waals surface area contributed by atoms with Gasteiger partial charge in [0.15, 0.2) is 5.78 Å². The lowest BCUT2D eigenvalue weighted by Crippen LogP contribution is -2.44. The number of nitrogens with zero attached hydrogens (tertiary/aromatic N) is 4. The fraction of sp³-hybridized carbons (Fsp3) is 0.480. The zero-order chi connectivity index (χ0) is 24.4. The van der Waals surface area contributed by atoms with Crippen LogP contribution < -0.4 is 0 Å². The molecule has 1 aliphatic rings. The van der Waals surface area contributed by atoms with Crippen molar-refractivity contribution in [3.8, 4) is 10.4 Å². The van der Waals surface area contributed by atoms with E-state index < -0.39 is 18.1 Å². The third-order valence-corrected chi connectivity index (χ3v) is 8.16. The van der Waals surface area contributed by atoms with Crippen LogP contribution in [0.25, 0.3) is 10.4 Å². The van der Waals surface area contributed by atoms with E-state index in [4.69, 9.17) is 0 Å². The number of hydrogen-bond donors (Lipinski definition) is 1. The molecule has 0 aliphatic carbocycles. The molecule has 0 unspecified atom stereocenters. The maximum atomic E-state index is 13.5. The van der Waals surface area contributed by atoms with E-state index in [1.165, 1.54) is 11.5 Å². The molecule has 1 fully saturated rings. The summed E-state index contributed by atoms with van der Waals surface area (Å²) in [6, 6.07) is 7.61. The zero-order valence-corrected chi connectivity index (χ0v) is 21.5. The fourth-order valence-electron chi connectivity index (χ4n) is 4.49. The highest BCUT2D eigenvalue weighted by Gasteiger charge is 2.42. The molecule has 3 atom stereocenters. The summed E-state index contributed by atoms with van der Waals surface area (Å²) in [7, 11) is 0. The first kappa shape index (κ1) is 24.6. The van der Waals surface area contributed by atoms with Gasteiger partial charge in [-0.05, 0) is 48.8 Å². The molecule has 7 nitrogen and oxygen atoms in total. The molecule has 1 amide bonds. The molecule has 0 spiro atoms. The van der Waals surface area contributed by atoms with Crippen LogP contribution in [0.2, 0.25) is 0 Å². The smallest absolute Gasteiger partial charge is 0.233 e. The molecule has 4 rings (SSSR count). The Hall–Kier alpha value is -2.49. The van der Waals surface area contributed by atoms with Crippen LogP contribution in [0.15, 0.2) is 29.8 Å². The van der Waals surface area contributed by atoms with Crippen LogP contribution in [0.3, 0.4) is 0 Å². The minimum absolute atomic E-state index is 0.00837. The number of benzene rings is 1. The second kappa shape index (κ2) is 10.4. The molecule has 2 aromatic heterocycles. The van der Waals surface area contributed by atoms with E-state index in [0.717, 1.165) is 21.7 Å². The van der Waals surface area contributed by atoms with E-state index >= 15 is 0 Å². The molecular formula is C25H30N4O3S2. The van der Waals surface area contributed by atoms with Crippen LogP contribution in [-0.2, 0) is 16.0 Å². The zero-order valence-electron chi connectivity index (χ0n) is 19.9. The molecule has 0 radical (unpaired) electrons. The third kappa shape index (κ3) is 5.26.